The van der Waals surface area contributed by atoms with Crippen LogP contribution in [-0.4, -0.2) is 23.3 Å². The first-order valence-corrected chi connectivity index (χ1v) is 6.45. The van der Waals surface area contributed by atoms with E-state index in [2.05, 4.69) is 4.98 Å². The van der Waals surface area contributed by atoms with Crippen molar-refractivity contribution in [2.24, 2.45) is 5.92 Å². The lowest BCUT2D eigenvalue weighted by Crippen LogP contribution is -2.24. The number of aryl methyl sites for hydroxylation is 1. The second-order valence-electron chi connectivity index (χ2n) is 4.59. The fraction of sp³-hybridized carbons (Fsp3) is 0.385. The molecule has 1 saturated heterocycles. The highest BCUT2D eigenvalue weighted by Crippen LogP contribution is 2.31. The molecule has 1 unspecified atom stereocenters. The second kappa shape index (κ2) is 4.28. The van der Waals surface area contributed by atoms with Crippen LogP contribution in [0.4, 0.5) is 5.69 Å². The fourth-order valence-electron chi connectivity index (χ4n) is 2.38. The summed E-state index contributed by atoms with van der Waals surface area (Å²) in [5.74, 6) is 1.45. The van der Waals surface area contributed by atoms with E-state index in [1.807, 2.05) is 18.2 Å². The molecule has 3 rings (SSSR count). The molecule has 0 radical (unpaired) electrons. The lowest BCUT2D eigenvalue weighted by molar-refractivity contribution is -0.117. The van der Waals surface area contributed by atoms with Crippen molar-refractivity contribution in [3.63, 3.8) is 0 Å². The van der Waals surface area contributed by atoms with Crippen LogP contribution in [0, 0.1) is 12.8 Å². The number of fused-ring (bicyclic) bond motifs is 1. The summed E-state index contributed by atoms with van der Waals surface area (Å²) in [6.07, 6.45) is 0.511. The van der Waals surface area contributed by atoms with Crippen molar-refractivity contribution in [1.29, 1.82) is 0 Å². The van der Waals surface area contributed by atoms with Crippen LogP contribution >= 0.6 is 11.6 Å². The van der Waals surface area contributed by atoms with Crippen LogP contribution in [0.2, 0.25) is 0 Å². The zero-order valence-corrected chi connectivity index (χ0v) is 10.8. The van der Waals surface area contributed by atoms with E-state index in [-0.39, 0.29) is 11.8 Å². The van der Waals surface area contributed by atoms with Crippen LogP contribution in [0.15, 0.2) is 22.6 Å². The van der Waals surface area contributed by atoms with Crippen LogP contribution in [-0.2, 0) is 4.79 Å². The first kappa shape index (κ1) is 11.5. The standard InChI is InChI=1S/C13H13ClN2O2/c1-8-15-13-10(3-2-4-11(13)18-8)16-7-9(6-14)5-12(16)17/h2-4,9H,5-7H2,1H3. The Bertz CT molecular complexity index is 608. The van der Waals surface area contributed by atoms with Gasteiger partial charge in [-0.2, -0.15) is 0 Å². The number of aromatic nitrogens is 1. The van der Waals surface area contributed by atoms with E-state index >= 15 is 0 Å². The minimum Gasteiger partial charge on any atom is -0.441 e. The molecule has 1 amide bonds. The zero-order valence-electron chi connectivity index (χ0n) is 10.0. The van der Waals surface area contributed by atoms with Crippen LogP contribution in [0.3, 0.4) is 0 Å². The third-order valence-electron chi connectivity index (χ3n) is 3.22. The topological polar surface area (TPSA) is 46.3 Å². The molecule has 2 heterocycles. The van der Waals surface area contributed by atoms with Gasteiger partial charge in [0.2, 0.25) is 5.91 Å². The molecular formula is C13H13ClN2O2. The Morgan fingerprint density at radius 3 is 3.11 bits per heavy atom. The van der Waals surface area contributed by atoms with Crippen molar-refractivity contribution in [1.82, 2.24) is 4.98 Å². The molecule has 2 aromatic rings. The average molecular weight is 265 g/mol. The maximum absolute atomic E-state index is 12.0. The molecule has 1 aliphatic heterocycles. The highest BCUT2D eigenvalue weighted by Gasteiger charge is 2.31. The molecule has 1 fully saturated rings. The SMILES string of the molecule is Cc1nc2c(N3CC(CCl)CC3=O)cccc2o1. The third-order valence-corrected chi connectivity index (χ3v) is 3.66. The Hall–Kier alpha value is -1.55. The van der Waals surface area contributed by atoms with Gasteiger partial charge in [0.15, 0.2) is 11.5 Å². The number of benzene rings is 1. The predicted octanol–water partition coefficient (Wildman–Crippen LogP) is 2.73. The van der Waals surface area contributed by atoms with Gasteiger partial charge in [0, 0.05) is 25.8 Å². The third kappa shape index (κ3) is 1.77. The van der Waals surface area contributed by atoms with Crippen LogP contribution in [0.5, 0.6) is 0 Å². The molecule has 5 heteroatoms. The molecule has 0 spiro atoms. The number of oxazole rings is 1. The first-order chi connectivity index (χ1) is 8.69. The van der Waals surface area contributed by atoms with E-state index in [4.69, 9.17) is 16.0 Å². The molecule has 1 aromatic carbocycles. The molecule has 0 saturated carbocycles. The summed E-state index contributed by atoms with van der Waals surface area (Å²) < 4.78 is 5.48. The summed E-state index contributed by atoms with van der Waals surface area (Å²) in [5, 5.41) is 0. The van der Waals surface area contributed by atoms with Gasteiger partial charge >= 0.3 is 0 Å². The zero-order chi connectivity index (χ0) is 12.7. The van der Waals surface area contributed by atoms with Gasteiger partial charge in [0.05, 0.1) is 5.69 Å². The summed E-state index contributed by atoms with van der Waals surface area (Å²) in [7, 11) is 0. The largest absolute Gasteiger partial charge is 0.441 e. The Morgan fingerprint density at radius 2 is 2.39 bits per heavy atom. The Labute approximate surface area is 110 Å². The highest BCUT2D eigenvalue weighted by molar-refractivity contribution is 6.18. The molecule has 94 valence electrons. The Kier molecular flexibility index (Phi) is 2.74. The van der Waals surface area contributed by atoms with E-state index < -0.39 is 0 Å². The van der Waals surface area contributed by atoms with Crippen molar-refractivity contribution in [3.05, 3.63) is 24.1 Å². The summed E-state index contributed by atoms with van der Waals surface area (Å²) in [6, 6.07) is 5.64. The van der Waals surface area contributed by atoms with Gasteiger partial charge in [-0.3, -0.25) is 4.79 Å². The van der Waals surface area contributed by atoms with Crippen LogP contribution in [0.25, 0.3) is 11.1 Å². The second-order valence-corrected chi connectivity index (χ2v) is 4.89. The molecule has 0 aliphatic carbocycles. The predicted molar refractivity (Wildman–Crippen MR) is 69.9 cm³/mol. The quantitative estimate of drug-likeness (QED) is 0.784. The lowest BCUT2D eigenvalue weighted by Gasteiger charge is -2.16. The molecule has 1 atom stereocenters. The highest BCUT2D eigenvalue weighted by atomic mass is 35.5. The van der Waals surface area contributed by atoms with Crippen molar-refractivity contribution in [3.8, 4) is 0 Å². The van der Waals surface area contributed by atoms with Gasteiger partial charge in [0.25, 0.3) is 0 Å². The summed E-state index contributed by atoms with van der Waals surface area (Å²) >= 11 is 5.84. The number of carbonyl (C=O) groups is 1. The number of alkyl halides is 1. The molecule has 4 nitrogen and oxygen atoms in total. The molecule has 1 aromatic heterocycles. The number of hydrogen-bond donors (Lipinski definition) is 0. The number of nitrogens with zero attached hydrogens (tertiary/aromatic N) is 2. The molecule has 0 bridgehead atoms. The smallest absolute Gasteiger partial charge is 0.227 e. The molecule has 1 aliphatic rings. The minimum atomic E-state index is 0.105. The number of halogens is 1. The maximum Gasteiger partial charge on any atom is 0.227 e. The van der Waals surface area contributed by atoms with Gasteiger partial charge in [-0.25, -0.2) is 4.98 Å². The molecular weight excluding hydrogens is 252 g/mol. The lowest BCUT2D eigenvalue weighted by atomic mass is 10.1. The minimum absolute atomic E-state index is 0.105. The van der Waals surface area contributed by atoms with Gasteiger partial charge < -0.3 is 9.32 Å². The van der Waals surface area contributed by atoms with E-state index in [0.29, 0.717) is 30.3 Å². The summed E-state index contributed by atoms with van der Waals surface area (Å²) in [5.41, 5.74) is 2.28. The van der Waals surface area contributed by atoms with Crippen molar-refractivity contribution >= 4 is 34.3 Å². The number of para-hydroxylation sites is 1. The van der Waals surface area contributed by atoms with E-state index in [0.717, 1.165) is 11.2 Å². The first-order valence-electron chi connectivity index (χ1n) is 5.91. The Morgan fingerprint density at radius 1 is 1.56 bits per heavy atom. The van der Waals surface area contributed by atoms with Crippen LogP contribution in [0.1, 0.15) is 12.3 Å². The Balaban J connectivity index is 2.06. The summed E-state index contributed by atoms with van der Waals surface area (Å²) in [6.45, 7) is 2.46. The van der Waals surface area contributed by atoms with Crippen molar-refractivity contribution in [2.75, 3.05) is 17.3 Å². The van der Waals surface area contributed by atoms with Gasteiger partial charge in [-0.05, 0) is 18.1 Å². The van der Waals surface area contributed by atoms with Gasteiger partial charge in [0.1, 0.15) is 5.52 Å². The van der Waals surface area contributed by atoms with Gasteiger partial charge in [-0.15, -0.1) is 11.6 Å². The van der Waals surface area contributed by atoms with E-state index in [1.165, 1.54) is 0 Å². The monoisotopic (exact) mass is 264 g/mol. The van der Waals surface area contributed by atoms with E-state index in [1.54, 1.807) is 11.8 Å². The summed E-state index contributed by atoms with van der Waals surface area (Å²) in [4.78, 5) is 18.1. The van der Waals surface area contributed by atoms with Crippen LogP contribution < -0.4 is 4.90 Å². The van der Waals surface area contributed by atoms with Crippen molar-refractivity contribution in [2.45, 2.75) is 13.3 Å². The average Bonchev–Trinajstić information content (AvgIpc) is 2.90. The number of hydrogen-bond acceptors (Lipinski definition) is 3. The van der Waals surface area contributed by atoms with Gasteiger partial charge in [-0.1, -0.05) is 6.07 Å². The molecule has 18 heavy (non-hydrogen) atoms. The fourth-order valence-corrected chi connectivity index (χ4v) is 2.59. The number of amides is 1. The number of rotatable bonds is 2. The maximum atomic E-state index is 12.0. The number of anilines is 1. The number of carbonyl (C=O) groups excluding carboxylic acids is 1. The van der Waals surface area contributed by atoms with E-state index in [9.17, 15) is 4.79 Å². The normalized spacial score (nSPS) is 20.0. The molecule has 0 N–H and O–H groups in total. The van der Waals surface area contributed by atoms with Crippen molar-refractivity contribution < 1.29 is 9.21 Å².